The SMILES string of the molecule is O=C1CS[C@@H](c2ccncc2)N1CCN1CCOCC1. The summed E-state index contributed by atoms with van der Waals surface area (Å²) in [5, 5.41) is 0.145. The average molecular weight is 293 g/mol. The molecule has 6 heteroatoms. The Hall–Kier alpha value is -1.11. The smallest absolute Gasteiger partial charge is 0.233 e. The number of hydrogen-bond donors (Lipinski definition) is 0. The van der Waals surface area contributed by atoms with Crippen LogP contribution >= 0.6 is 11.8 Å². The Morgan fingerprint density at radius 1 is 1.25 bits per heavy atom. The Kier molecular flexibility index (Phi) is 4.54. The molecule has 0 aromatic carbocycles. The second-order valence-electron chi connectivity index (χ2n) is 4.99. The van der Waals surface area contributed by atoms with Crippen LogP contribution in [0.25, 0.3) is 0 Å². The van der Waals surface area contributed by atoms with E-state index >= 15 is 0 Å². The van der Waals surface area contributed by atoms with Crippen molar-refractivity contribution in [2.24, 2.45) is 0 Å². The third-order valence-corrected chi connectivity index (χ3v) is 4.98. The molecule has 5 nitrogen and oxygen atoms in total. The van der Waals surface area contributed by atoms with Gasteiger partial charge in [-0.05, 0) is 17.7 Å². The highest BCUT2D eigenvalue weighted by Crippen LogP contribution is 2.37. The van der Waals surface area contributed by atoms with E-state index in [0.29, 0.717) is 5.75 Å². The van der Waals surface area contributed by atoms with Gasteiger partial charge >= 0.3 is 0 Å². The van der Waals surface area contributed by atoms with Crippen molar-refractivity contribution < 1.29 is 9.53 Å². The van der Waals surface area contributed by atoms with Crippen molar-refractivity contribution in [3.05, 3.63) is 30.1 Å². The standard InChI is InChI=1S/C14H19N3O2S/c18-13-11-20-14(12-1-3-15-4-2-12)17(13)6-5-16-7-9-19-10-8-16/h1-4,14H,5-11H2/t14-/m0/s1. The summed E-state index contributed by atoms with van der Waals surface area (Å²) in [6.45, 7) is 5.26. The zero-order chi connectivity index (χ0) is 13.8. The van der Waals surface area contributed by atoms with Crippen molar-refractivity contribution in [2.75, 3.05) is 45.1 Å². The van der Waals surface area contributed by atoms with E-state index in [2.05, 4.69) is 9.88 Å². The van der Waals surface area contributed by atoms with Crippen molar-refractivity contribution >= 4 is 17.7 Å². The largest absolute Gasteiger partial charge is 0.379 e. The van der Waals surface area contributed by atoms with Gasteiger partial charge in [-0.3, -0.25) is 14.7 Å². The van der Waals surface area contributed by atoms with Gasteiger partial charge in [-0.1, -0.05) is 0 Å². The second kappa shape index (κ2) is 6.56. The number of aromatic nitrogens is 1. The summed E-state index contributed by atoms with van der Waals surface area (Å²) >= 11 is 1.70. The minimum atomic E-state index is 0.145. The van der Waals surface area contributed by atoms with E-state index in [9.17, 15) is 4.79 Å². The average Bonchev–Trinajstić information content (AvgIpc) is 2.88. The van der Waals surface area contributed by atoms with Gasteiger partial charge in [0.15, 0.2) is 0 Å². The minimum Gasteiger partial charge on any atom is -0.379 e. The van der Waals surface area contributed by atoms with E-state index in [0.717, 1.165) is 45.0 Å². The molecule has 0 radical (unpaired) electrons. The van der Waals surface area contributed by atoms with Gasteiger partial charge in [0.25, 0.3) is 0 Å². The lowest BCUT2D eigenvalue weighted by Gasteiger charge is -2.30. The number of thioether (sulfide) groups is 1. The van der Waals surface area contributed by atoms with Crippen molar-refractivity contribution in [3.63, 3.8) is 0 Å². The molecule has 2 saturated heterocycles. The van der Waals surface area contributed by atoms with Gasteiger partial charge in [-0.2, -0.15) is 0 Å². The van der Waals surface area contributed by atoms with Crippen molar-refractivity contribution in [1.82, 2.24) is 14.8 Å². The lowest BCUT2D eigenvalue weighted by molar-refractivity contribution is -0.128. The molecular weight excluding hydrogens is 274 g/mol. The number of carbonyl (C=O) groups excluding carboxylic acids is 1. The molecular formula is C14H19N3O2S. The zero-order valence-electron chi connectivity index (χ0n) is 11.4. The van der Waals surface area contributed by atoms with Crippen LogP contribution in [0, 0.1) is 0 Å². The molecule has 1 aromatic heterocycles. The maximum atomic E-state index is 12.1. The van der Waals surface area contributed by atoms with Crippen molar-refractivity contribution in [2.45, 2.75) is 5.37 Å². The van der Waals surface area contributed by atoms with E-state index in [1.54, 1.807) is 24.2 Å². The highest BCUT2D eigenvalue weighted by atomic mass is 32.2. The highest BCUT2D eigenvalue weighted by molar-refractivity contribution is 8.00. The lowest BCUT2D eigenvalue weighted by atomic mass is 10.2. The van der Waals surface area contributed by atoms with Crippen molar-refractivity contribution in [3.8, 4) is 0 Å². The van der Waals surface area contributed by atoms with Crippen LogP contribution in [-0.4, -0.2) is 65.8 Å². The van der Waals surface area contributed by atoms with Crippen LogP contribution in [0.3, 0.4) is 0 Å². The Morgan fingerprint density at radius 3 is 2.75 bits per heavy atom. The maximum absolute atomic E-state index is 12.1. The molecule has 3 rings (SSSR count). The first-order chi connectivity index (χ1) is 9.84. The lowest BCUT2D eigenvalue weighted by Crippen LogP contribution is -2.42. The Balaban J connectivity index is 1.62. The molecule has 0 unspecified atom stereocenters. The first-order valence-electron chi connectivity index (χ1n) is 6.96. The number of hydrogen-bond acceptors (Lipinski definition) is 5. The number of amides is 1. The van der Waals surface area contributed by atoms with E-state index < -0.39 is 0 Å². The number of morpholine rings is 1. The van der Waals surface area contributed by atoms with E-state index in [1.165, 1.54) is 0 Å². The molecule has 2 fully saturated rings. The summed E-state index contributed by atoms with van der Waals surface area (Å²) in [7, 11) is 0. The van der Waals surface area contributed by atoms with Gasteiger partial charge in [0, 0.05) is 38.6 Å². The molecule has 2 aliphatic heterocycles. The summed E-state index contributed by atoms with van der Waals surface area (Å²) in [6.07, 6.45) is 3.58. The summed E-state index contributed by atoms with van der Waals surface area (Å²) < 4.78 is 5.35. The number of nitrogens with zero attached hydrogens (tertiary/aromatic N) is 3. The zero-order valence-corrected chi connectivity index (χ0v) is 12.2. The van der Waals surface area contributed by atoms with Gasteiger partial charge in [0.1, 0.15) is 5.37 Å². The molecule has 0 aliphatic carbocycles. The van der Waals surface area contributed by atoms with Crippen LogP contribution in [0.5, 0.6) is 0 Å². The van der Waals surface area contributed by atoms with Crippen LogP contribution in [0.2, 0.25) is 0 Å². The van der Waals surface area contributed by atoms with Crippen molar-refractivity contribution in [1.29, 1.82) is 0 Å². The molecule has 0 N–H and O–H groups in total. The van der Waals surface area contributed by atoms with Crippen LogP contribution in [-0.2, 0) is 9.53 Å². The number of rotatable bonds is 4. The number of carbonyl (C=O) groups is 1. The fraction of sp³-hybridized carbons (Fsp3) is 0.571. The Morgan fingerprint density at radius 2 is 2.00 bits per heavy atom. The maximum Gasteiger partial charge on any atom is 0.233 e. The van der Waals surface area contributed by atoms with Crippen LogP contribution < -0.4 is 0 Å². The normalized spacial score (nSPS) is 24.3. The second-order valence-corrected chi connectivity index (χ2v) is 6.05. The molecule has 3 heterocycles. The topological polar surface area (TPSA) is 45.7 Å². The summed E-state index contributed by atoms with van der Waals surface area (Å²) in [5.74, 6) is 0.820. The van der Waals surface area contributed by atoms with Gasteiger partial charge in [-0.25, -0.2) is 0 Å². The van der Waals surface area contributed by atoms with E-state index in [1.807, 2.05) is 17.0 Å². The first kappa shape index (κ1) is 13.9. The fourth-order valence-electron chi connectivity index (χ4n) is 2.57. The quantitative estimate of drug-likeness (QED) is 0.828. The van der Waals surface area contributed by atoms with Gasteiger partial charge in [-0.15, -0.1) is 11.8 Å². The van der Waals surface area contributed by atoms with Crippen LogP contribution in [0.1, 0.15) is 10.9 Å². The third-order valence-electron chi connectivity index (χ3n) is 3.72. The molecule has 0 spiro atoms. The Bertz CT molecular complexity index is 451. The highest BCUT2D eigenvalue weighted by Gasteiger charge is 2.32. The predicted octanol–water partition coefficient (Wildman–Crippen LogP) is 0.988. The summed E-state index contributed by atoms with van der Waals surface area (Å²) in [6, 6.07) is 4.00. The summed E-state index contributed by atoms with van der Waals surface area (Å²) in [4.78, 5) is 20.5. The van der Waals surface area contributed by atoms with Gasteiger partial charge in [0.2, 0.25) is 5.91 Å². The van der Waals surface area contributed by atoms with Crippen LogP contribution in [0.4, 0.5) is 0 Å². The Labute approximate surface area is 123 Å². The monoisotopic (exact) mass is 293 g/mol. The van der Waals surface area contributed by atoms with E-state index in [4.69, 9.17) is 4.74 Å². The molecule has 108 valence electrons. The number of pyridine rings is 1. The molecule has 2 aliphatic rings. The molecule has 1 amide bonds. The van der Waals surface area contributed by atoms with Gasteiger partial charge in [0.05, 0.1) is 19.0 Å². The van der Waals surface area contributed by atoms with Gasteiger partial charge < -0.3 is 9.64 Å². The molecule has 20 heavy (non-hydrogen) atoms. The van der Waals surface area contributed by atoms with E-state index in [-0.39, 0.29) is 11.3 Å². The molecule has 0 bridgehead atoms. The fourth-order valence-corrected chi connectivity index (χ4v) is 3.79. The first-order valence-corrected chi connectivity index (χ1v) is 8.00. The van der Waals surface area contributed by atoms with Crippen LogP contribution in [0.15, 0.2) is 24.5 Å². The minimum absolute atomic E-state index is 0.145. The molecule has 0 saturated carbocycles. The third kappa shape index (κ3) is 3.13. The molecule has 1 aromatic rings. The summed E-state index contributed by atoms with van der Waals surface area (Å²) in [5.41, 5.74) is 1.16. The number of ether oxygens (including phenoxy) is 1. The molecule has 1 atom stereocenters. The predicted molar refractivity (Wildman–Crippen MR) is 78.4 cm³/mol.